The van der Waals surface area contributed by atoms with Crippen molar-refractivity contribution < 1.29 is 14.3 Å². The van der Waals surface area contributed by atoms with Crippen molar-refractivity contribution in [1.82, 2.24) is 4.90 Å². The molecule has 1 aliphatic heterocycles. The smallest absolute Gasteiger partial charge is 0.321 e. The molecule has 0 unspecified atom stereocenters. The lowest BCUT2D eigenvalue weighted by atomic mass is 9.93. The summed E-state index contributed by atoms with van der Waals surface area (Å²) in [6.07, 6.45) is 0.447. The highest BCUT2D eigenvalue weighted by Gasteiger charge is 2.31. The molecule has 0 saturated carbocycles. The van der Waals surface area contributed by atoms with Crippen LogP contribution in [-0.4, -0.2) is 22.0 Å². The molecule has 0 saturated heterocycles. The lowest BCUT2D eigenvalue weighted by Crippen LogP contribution is -2.45. The van der Waals surface area contributed by atoms with E-state index >= 15 is 0 Å². The van der Waals surface area contributed by atoms with E-state index in [2.05, 4.69) is 0 Å². The van der Waals surface area contributed by atoms with E-state index in [0.29, 0.717) is 24.5 Å². The molecule has 1 aliphatic rings. The van der Waals surface area contributed by atoms with Gasteiger partial charge in [0.1, 0.15) is 11.9 Å². The number of carbonyl (C=O) groups is 1. The molecule has 114 valence electrons. The summed E-state index contributed by atoms with van der Waals surface area (Å²) in [5, 5.41) is 10.1. The minimum absolute atomic E-state index is 0.297. The van der Waals surface area contributed by atoms with E-state index in [4.69, 9.17) is 11.6 Å². The number of rotatable bonds is 3. The number of benzene rings is 2. The van der Waals surface area contributed by atoms with Crippen LogP contribution in [0.25, 0.3) is 0 Å². The molecule has 1 N–H and O–H groups in total. The van der Waals surface area contributed by atoms with Gasteiger partial charge in [-0.05, 0) is 47.4 Å². The first-order valence-corrected chi connectivity index (χ1v) is 7.39. The Bertz CT molecular complexity index is 702. The number of aliphatic carboxylic acids is 1. The van der Waals surface area contributed by atoms with Crippen LogP contribution in [0.5, 0.6) is 0 Å². The van der Waals surface area contributed by atoms with Gasteiger partial charge in [0.05, 0.1) is 0 Å². The summed E-state index contributed by atoms with van der Waals surface area (Å²) in [5.74, 6) is -1.14. The minimum atomic E-state index is -0.845. The molecule has 5 heteroatoms. The maximum Gasteiger partial charge on any atom is 0.321 e. The number of hydrogen-bond donors (Lipinski definition) is 1. The third-order valence-corrected chi connectivity index (χ3v) is 4.21. The normalized spacial score (nSPS) is 18.0. The Labute approximate surface area is 132 Å². The van der Waals surface area contributed by atoms with E-state index < -0.39 is 12.0 Å². The van der Waals surface area contributed by atoms with Crippen LogP contribution in [0.3, 0.4) is 0 Å². The Morgan fingerprint density at radius 3 is 2.64 bits per heavy atom. The van der Waals surface area contributed by atoms with Gasteiger partial charge in [0, 0.05) is 18.1 Å². The van der Waals surface area contributed by atoms with E-state index in [0.717, 1.165) is 16.7 Å². The van der Waals surface area contributed by atoms with Crippen molar-refractivity contribution in [2.75, 3.05) is 0 Å². The molecule has 2 aromatic rings. The van der Waals surface area contributed by atoms with Gasteiger partial charge in [0.25, 0.3) is 0 Å². The predicted octanol–water partition coefficient (Wildman–Crippen LogP) is 3.49. The average Bonchev–Trinajstić information content (AvgIpc) is 2.48. The minimum Gasteiger partial charge on any atom is -0.480 e. The topological polar surface area (TPSA) is 40.5 Å². The Morgan fingerprint density at radius 1 is 1.23 bits per heavy atom. The van der Waals surface area contributed by atoms with Crippen molar-refractivity contribution in [2.24, 2.45) is 0 Å². The third kappa shape index (κ3) is 3.13. The standard InChI is InChI=1S/C17H15ClFNO2/c18-14-4-3-12-8-16(17(21)22)20(10-13(12)7-14)9-11-1-5-15(19)6-2-11/h1-7,16H,8-10H2,(H,21,22)/t16-/m1/s1. The van der Waals surface area contributed by atoms with Gasteiger partial charge in [-0.15, -0.1) is 0 Å². The van der Waals surface area contributed by atoms with Crippen LogP contribution in [0.4, 0.5) is 4.39 Å². The molecule has 1 heterocycles. The van der Waals surface area contributed by atoms with E-state index in [-0.39, 0.29) is 5.82 Å². The Morgan fingerprint density at radius 2 is 1.95 bits per heavy atom. The van der Waals surface area contributed by atoms with Crippen LogP contribution in [-0.2, 0) is 24.3 Å². The number of halogens is 2. The fourth-order valence-electron chi connectivity index (χ4n) is 2.84. The van der Waals surface area contributed by atoms with E-state index in [1.165, 1.54) is 12.1 Å². The number of carboxylic acids is 1. The number of fused-ring (bicyclic) bond motifs is 1. The van der Waals surface area contributed by atoms with Gasteiger partial charge in [-0.1, -0.05) is 29.8 Å². The van der Waals surface area contributed by atoms with E-state index in [9.17, 15) is 14.3 Å². The van der Waals surface area contributed by atoms with Crippen molar-refractivity contribution in [2.45, 2.75) is 25.6 Å². The van der Waals surface area contributed by atoms with Gasteiger partial charge in [0.2, 0.25) is 0 Å². The molecule has 0 spiro atoms. The summed E-state index contributed by atoms with van der Waals surface area (Å²) in [4.78, 5) is 13.4. The highest BCUT2D eigenvalue weighted by Crippen LogP contribution is 2.27. The molecule has 0 radical (unpaired) electrons. The summed E-state index contributed by atoms with van der Waals surface area (Å²) in [7, 11) is 0. The van der Waals surface area contributed by atoms with E-state index in [1.807, 2.05) is 17.0 Å². The monoisotopic (exact) mass is 319 g/mol. The molecule has 0 amide bonds. The van der Waals surface area contributed by atoms with Gasteiger partial charge >= 0.3 is 5.97 Å². The fourth-order valence-corrected chi connectivity index (χ4v) is 3.04. The zero-order valence-electron chi connectivity index (χ0n) is 11.8. The van der Waals surface area contributed by atoms with Crippen molar-refractivity contribution in [3.05, 3.63) is 70.0 Å². The van der Waals surface area contributed by atoms with Crippen LogP contribution in [0.2, 0.25) is 5.02 Å². The average molecular weight is 320 g/mol. The number of nitrogens with zero attached hydrogens (tertiary/aromatic N) is 1. The molecule has 0 fully saturated rings. The SMILES string of the molecule is O=C(O)[C@H]1Cc2ccc(Cl)cc2CN1Cc1ccc(F)cc1. The predicted molar refractivity (Wildman–Crippen MR) is 82.2 cm³/mol. The van der Waals surface area contributed by atoms with Crippen LogP contribution in [0.1, 0.15) is 16.7 Å². The van der Waals surface area contributed by atoms with Crippen molar-refractivity contribution in [3.63, 3.8) is 0 Å². The highest BCUT2D eigenvalue weighted by atomic mass is 35.5. The summed E-state index contributed by atoms with van der Waals surface area (Å²) in [5.41, 5.74) is 2.96. The lowest BCUT2D eigenvalue weighted by molar-refractivity contribution is -0.144. The van der Waals surface area contributed by atoms with Crippen LogP contribution in [0.15, 0.2) is 42.5 Å². The largest absolute Gasteiger partial charge is 0.480 e. The highest BCUT2D eigenvalue weighted by molar-refractivity contribution is 6.30. The zero-order valence-corrected chi connectivity index (χ0v) is 12.6. The second-order valence-electron chi connectivity index (χ2n) is 5.50. The maximum absolute atomic E-state index is 13.0. The summed E-state index contributed by atoms with van der Waals surface area (Å²) < 4.78 is 13.0. The van der Waals surface area contributed by atoms with Gasteiger partial charge in [-0.3, -0.25) is 9.69 Å². The molecule has 3 nitrogen and oxygen atoms in total. The first kappa shape index (κ1) is 15.0. The summed E-state index contributed by atoms with van der Waals surface area (Å²) >= 11 is 6.02. The fraction of sp³-hybridized carbons (Fsp3) is 0.235. The van der Waals surface area contributed by atoms with Crippen LogP contribution >= 0.6 is 11.6 Å². The second kappa shape index (κ2) is 6.07. The van der Waals surface area contributed by atoms with Crippen LogP contribution in [0, 0.1) is 5.82 Å². The molecule has 22 heavy (non-hydrogen) atoms. The first-order chi connectivity index (χ1) is 10.5. The third-order valence-electron chi connectivity index (χ3n) is 3.98. The van der Waals surface area contributed by atoms with Gasteiger partial charge < -0.3 is 5.11 Å². The quantitative estimate of drug-likeness (QED) is 0.941. The Hall–Kier alpha value is -1.91. The maximum atomic E-state index is 13.0. The summed E-state index contributed by atoms with van der Waals surface area (Å²) in [6.45, 7) is 0.980. The van der Waals surface area contributed by atoms with Gasteiger partial charge in [0.15, 0.2) is 0 Å². The molecule has 2 aromatic carbocycles. The lowest BCUT2D eigenvalue weighted by Gasteiger charge is -2.34. The summed E-state index contributed by atoms with van der Waals surface area (Å²) in [6, 6.07) is 11.1. The number of carboxylic acid groups (broad SMARTS) is 1. The molecule has 0 aromatic heterocycles. The van der Waals surface area contributed by atoms with Crippen molar-refractivity contribution >= 4 is 17.6 Å². The second-order valence-corrected chi connectivity index (χ2v) is 5.94. The van der Waals surface area contributed by atoms with E-state index in [1.54, 1.807) is 18.2 Å². The van der Waals surface area contributed by atoms with Gasteiger partial charge in [-0.2, -0.15) is 0 Å². The molecule has 1 atom stereocenters. The molecule has 0 aliphatic carbocycles. The molecule has 3 rings (SSSR count). The Balaban J connectivity index is 1.87. The molecule has 0 bridgehead atoms. The molecular weight excluding hydrogens is 305 g/mol. The van der Waals surface area contributed by atoms with Crippen LogP contribution < -0.4 is 0 Å². The first-order valence-electron chi connectivity index (χ1n) is 7.01. The van der Waals surface area contributed by atoms with Crippen molar-refractivity contribution in [3.8, 4) is 0 Å². The van der Waals surface area contributed by atoms with Crippen molar-refractivity contribution in [1.29, 1.82) is 0 Å². The molecular formula is C17H15ClFNO2. The Kier molecular flexibility index (Phi) is 4.14. The number of hydrogen-bond acceptors (Lipinski definition) is 2. The van der Waals surface area contributed by atoms with Gasteiger partial charge in [-0.25, -0.2) is 4.39 Å². The zero-order chi connectivity index (χ0) is 15.7.